The van der Waals surface area contributed by atoms with Gasteiger partial charge in [0.1, 0.15) is 0 Å². The van der Waals surface area contributed by atoms with E-state index in [1.165, 1.54) is 34.6 Å². The van der Waals surface area contributed by atoms with Crippen LogP contribution in [0.2, 0.25) is 0 Å². The predicted octanol–water partition coefficient (Wildman–Crippen LogP) is 4.00. The molecule has 1 rings (SSSR count). The lowest BCUT2D eigenvalue weighted by Gasteiger charge is -2.10. The second-order valence-electron chi connectivity index (χ2n) is 4.14. The average Bonchev–Trinajstić information content (AvgIpc) is 2.28. The van der Waals surface area contributed by atoms with Crippen LogP contribution >= 0.6 is 11.8 Å². The lowest BCUT2D eigenvalue weighted by Crippen LogP contribution is -2.14. The lowest BCUT2D eigenvalue weighted by atomic mass is 10.1. The molecule has 0 spiro atoms. The number of aryl methyl sites for hydroxylation is 1. The van der Waals surface area contributed by atoms with Crippen molar-refractivity contribution in [3.05, 3.63) is 29.3 Å². The van der Waals surface area contributed by atoms with Gasteiger partial charge >= 0.3 is 0 Å². The minimum absolute atomic E-state index is 1.00. The van der Waals surface area contributed by atoms with Crippen molar-refractivity contribution in [2.45, 2.75) is 45.1 Å². The zero-order valence-corrected chi connectivity index (χ0v) is 11.5. The van der Waals surface area contributed by atoms with Gasteiger partial charge in [-0.2, -0.15) is 0 Å². The molecule has 0 radical (unpaired) electrons. The van der Waals surface area contributed by atoms with Gasteiger partial charge in [0.05, 0.1) is 0 Å². The minimum atomic E-state index is 1.00. The topological polar surface area (TPSA) is 12.0 Å². The Morgan fingerprint density at radius 3 is 2.69 bits per heavy atom. The molecule has 0 aliphatic heterocycles. The first kappa shape index (κ1) is 13.6. The smallest absolute Gasteiger partial charge is 0.0216 e. The van der Waals surface area contributed by atoms with Crippen molar-refractivity contribution in [1.82, 2.24) is 5.32 Å². The molecule has 1 nitrogen and oxygen atoms in total. The Kier molecular flexibility index (Phi) is 6.58. The Hall–Kier alpha value is -0.470. The van der Waals surface area contributed by atoms with Crippen molar-refractivity contribution < 1.29 is 0 Å². The summed E-state index contributed by atoms with van der Waals surface area (Å²) in [6.07, 6.45) is 2.43. The highest BCUT2D eigenvalue weighted by atomic mass is 32.2. The molecule has 0 aliphatic carbocycles. The molecule has 90 valence electrons. The van der Waals surface area contributed by atoms with E-state index in [9.17, 15) is 0 Å². The Balaban J connectivity index is 2.65. The number of hydrogen-bond acceptors (Lipinski definition) is 2. The second kappa shape index (κ2) is 7.75. The van der Waals surface area contributed by atoms with Gasteiger partial charge in [-0.05, 0) is 43.7 Å². The first-order valence-corrected chi connectivity index (χ1v) is 7.19. The molecular weight excluding hydrogens is 214 g/mol. The van der Waals surface area contributed by atoms with Gasteiger partial charge < -0.3 is 5.32 Å². The quantitative estimate of drug-likeness (QED) is 0.568. The van der Waals surface area contributed by atoms with E-state index < -0.39 is 0 Å². The van der Waals surface area contributed by atoms with Gasteiger partial charge in [0, 0.05) is 11.4 Å². The zero-order valence-electron chi connectivity index (χ0n) is 10.7. The van der Waals surface area contributed by atoms with E-state index in [4.69, 9.17) is 0 Å². The van der Waals surface area contributed by atoms with Crippen LogP contribution in [0, 0.1) is 6.92 Å². The van der Waals surface area contributed by atoms with Gasteiger partial charge in [-0.3, -0.25) is 0 Å². The Morgan fingerprint density at radius 1 is 1.19 bits per heavy atom. The van der Waals surface area contributed by atoms with Gasteiger partial charge in [-0.1, -0.05) is 31.5 Å². The van der Waals surface area contributed by atoms with Gasteiger partial charge in [-0.25, -0.2) is 0 Å². The molecule has 0 heterocycles. The highest BCUT2D eigenvalue weighted by molar-refractivity contribution is 7.99. The van der Waals surface area contributed by atoms with Crippen LogP contribution in [0.25, 0.3) is 0 Å². The summed E-state index contributed by atoms with van der Waals surface area (Å²) < 4.78 is 0. The summed E-state index contributed by atoms with van der Waals surface area (Å²) in [5.41, 5.74) is 2.81. The van der Waals surface area contributed by atoms with E-state index in [1.54, 1.807) is 0 Å². The predicted molar refractivity (Wildman–Crippen MR) is 74.2 cm³/mol. The van der Waals surface area contributed by atoms with Crippen molar-refractivity contribution in [2.24, 2.45) is 0 Å². The third-order valence-corrected chi connectivity index (χ3v) is 3.74. The molecule has 2 heteroatoms. The van der Waals surface area contributed by atoms with Gasteiger partial charge in [0.25, 0.3) is 0 Å². The number of thioether (sulfide) groups is 1. The van der Waals surface area contributed by atoms with Gasteiger partial charge in [-0.15, -0.1) is 11.8 Å². The number of benzene rings is 1. The van der Waals surface area contributed by atoms with Crippen LogP contribution in [0.5, 0.6) is 0 Å². The molecule has 0 aromatic heterocycles. The van der Waals surface area contributed by atoms with Crippen LogP contribution in [-0.4, -0.2) is 12.3 Å². The standard InChI is InChI=1S/C14H23NS/c1-4-8-15-11-13-10-12(3)6-7-14(13)16-9-5-2/h6-7,10,15H,4-5,8-9,11H2,1-3H3. The zero-order chi connectivity index (χ0) is 11.8. The molecule has 0 bridgehead atoms. The van der Waals surface area contributed by atoms with E-state index >= 15 is 0 Å². The van der Waals surface area contributed by atoms with E-state index in [-0.39, 0.29) is 0 Å². The third-order valence-electron chi connectivity index (χ3n) is 2.42. The maximum atomic E-state index is 3.48. The van der Waals surface area contributed by atoms with Crippen molar-refractivity contribution in [3.8, 4) is 0 Å². The summed E-state index contributed by atoms with van der Waals surface area (Å²) in [7, 11) is 0. The van der Waals surface area contributed by atoms with Gasteiger partial charge in [0.15, 0.2) is 0 Å². The fourth-order valence-electron chi connectivity index (χ4n) is 1.60. The van der Waals surface area contributed by atoms with Crippen molar-refractivity contribution >= 4 is 11.8 Å². The maximum Gasteiger partial charge on any atom is 0.0216 e. The summed E-state index contributed by atoms with van der Waals surface area (Å²) in [4.78, 5) is 1.44. The molecule has 0 saturated carbocycles. The van der Waals surface area contributed by atoms with Crippen molar-refractivity contribution in [1.29, 1.82) is 0 Å². The largest absolute Gasteiger partial charge is 0.313 e. The fourth-order valence-corrected chi connectivity index (χ4v) is 2.50. The molecule has 1 N–H and O–H groups in total. The van der Waals surface area contributed by atoms with E-state index in [2.05, 4.69) is 44.3 Å². The monoisotopic (exact) mass is 237 g/mol. The molecule has 1 aromatic rings. The summed E-state index contributed by atoms with van der Waals surface area (Å²) in [6.45, 7) is 8.71. The Bertz CT molecular complexity index is 310. The lowest BCUT2D eigenvalue weighted by molar-refractivity contribution is 0.669. The van der Waals surface area contributed by atoms with E-state index in [0.29, 0.717) is 0 Å². The normalized spacial score (nSPS) is 10.7. The molecule has 1 aromatic carbocycles. The van der Waals surface area contributed by atoms with Crippen LogP contribution in [0.3, 0.4) is 0 Å². The van der Waals surface area contributed by atoms with Crippen LogP contribution in [0.15, 0.2) is 23.1 Å². The highest BCUT2D eigenvalue weighted by Gasteiger charge is 2.02. The minimum Gasteiger partial charge on any atom is -0.313 e. The Morgan fingerprint density at radius 2 is 2.00 bits per heavy atom. The Labute approximate surface area is 104 Å². The molecule has 16 heavy (non-hydrogen) atoms. The fraction of sp³-hybridized carbons (Fsp3) is 0.571. The van der Waals surface area contributed by atoms with Crippen LogP contribution in [0.1, 0.15) is 37.8 Å². The SMILES string of the molecule is CCCNCc1cc(C)ccc1SCCC. The molecule has 0 saturated heterocycles. The third kappa shape index (κ3) is 4.58. The van der Waals surface area contributed by atoms with Crippen LogP contribution < -0.4 is 5.32 Å². The van der Waals surface area contributed by atoms with Crippen molar-refractivity contribution in [2.75, 3.05) is 12.3 Å². The average molecular weight is 237 g/mol. The highest BCUT2D eigenvalue weighted by Crippen LogP contribution is 2.24. The second-order valence-corrected chi connectivity index (χ2v) is 5.27. The summed E-state index contributed by atoms with van der Waals surface area (Å²) in [5, 5.41) is 3.48. The maximum absolute atomic E-state index is 3.48. The molecule has 0 fully saturated rings. The van der Waals surface area contributed by atoms with Crippen LogP contribution in [-0.2, 0) is 6.54 Å². The molecular formula is C14H23NS. The number of nitrogens with one attached hydrogen (secondary N) is 1. The molecule has 0 amide bonds. The van der Waals surface area contributed by atoms with E-state index in [0.717, 1.165) is 13.1 Å². The molecule has 0 unspecified atom stereocenters. The number of hydrogen-bond donors (Lipinski definition) is 1. The van der Waals surface area contributed by atoms with Crippen LogP contribution in [0.4, 0.5) is 0 Å². The van der Waals surface area contributed by atoms with Crippen molar-refractivity contribution in [3.63, 3.8) is 0 Å². The number of rotatable bonds is 7. The van der Waals surface area contributed by atoms with E-state index in [1.807, 2.05) is 11.8 Å². The molecule has 0 aliphatic rings. The summed E-state index contributed by atoms with van der Waals surface area (Å²) in [6, 6.07) is 6.78. The first-order valence-electron chi connectivity index (χ1n) is 6.21. The summed E-state index contributed by atoms with van der Waals surface area (Å²) in [5.74, 6) is 1.21. The van der Waals surface area contributed by atoms with Gasteiger partial charge in [0.2, 0.25) is 0 Å². The first-order chi connectivity index (χ1) is 7.77. The summed E-state index contributed by atoms with van der Waals surface area (Å²) >= 11 is 1.97. The molecule has 0 atom stereocenters.